The van der Waals surface area contributed by atoms with Gasteiger partial charge < -0.3 is 9.88 Å². The van der Waals surface area contributed by atoms with E-state index in [-0.39, 0.29) is 17.5 Å². The number of carbonyl (C=O) groups is 2. The Morgan fingerprint density at radius 2 is 1.97 bits per heavy atom. The Morgan fingerprint density at radius 1 is 1.17 bits per heavy atom. The number of aryl methyl sites for hydroxylation is 2. The van der Waals surface area contributed by atoms with Gasteiger partial charge in [-0.1, -0.05) is 18.2 Å². The molecule has 1 unspecified atom stereocenters. The van der Waals surface area contributed by atoms with Crippen molar-refractivity contribution in [3.63, 3.8) is 0 Å². The van der Waals surface area contributed by atoms with E-state index in [1.54, 1.807) is 41.0 Å². The molecule has 1 atom stereocenters. The molecule has 0 radical (unpaired) electrons. The first-order valence-corrected chi connectivity index (χ1v) is 9.32. The standard InChI is InChI=1S/C21H19N5O3/c1-3-26-11-16(18(27)15-9-8-12(2)23-19(15)26)20(28)22-10-17-13-6-4-5-7-14(13)21(29)25-24-17/h4-9,11,17H,3,10H2,1-2H3,(H,22,28). The number of hydrogen-bond acceptors (Lipinski definition) is 5. The lowest BCUT2D eigenvalue weighted by atomic mass is 9.99. The third-order valence-electron chi connectivity index (χ3n) is 4.94. The summed E-state index contributed by atoms with van der Waals surface area (Å²) in [6.45, 7) is 4.47. The fourth-order valence-corrected chi connectivity index (χ4v) is 3.42. The highest BCUT2D eigenvalue weighted by Crippen LogP contribution is 2.26. The molecular weight excluding hydrogens is 370 g/mol. The van der Waals surface area contributed by atoms with Gasteiger partial charge in [-0.15, -0.1) is 5.11 Å². The molecule has 1 aliphatic rings. The quantitative estimate of drug-likeness (QED) is 0.740. The third-order valence-corrected chi connectivity index (χ3v) is 4.94. The van der Waals surface area contributed by atoms with Crippen molar-refractivity contribution in [1.29, 1.82) is 0 Å². The summed E-state index contributed by atoms with van der Waals surface area (Å²) < 4.78 is 1.78. The van der Waals surface area contributed by atoms with Crippen molar-refractivity contribution < 1.29 is 9.59 Å². The number of amides is 2. The largest absolute Gasteiger partial charge is 0.349 e. The predicted molar refractivity (Wildman–Crippen MR) is 107 cm³/mol. The van der Waals surface area contributed by atoms with E-state index in [0.717, 1.165) is 5.69 Å². The van der Waals surface area contributed by atoms with Crippen molar-refractivity contribution in [3.8, 4) is 0 Å². The Morgan fingerprint density at radius 3 is 2.76 bits per heavy atom. The third kappa shape index (κ3) is 3.33. The van der Waals surface area contributed by atoms with Gasteiger partial charge in [0.25, 0.3) is 11.8 Å². The van der Waals surface area contributed by atoms with Gasteiger partial charge in [-0.05, 0) is 37.6 Å². The van der Waals surface area contributed by atoms with Crippen LogP contribution in [0, 0.1) is 6.92 Å². The smallest absolute Gasteiger partial charge is 0.295 e. The molecule has 8 heteroatoms. The van der Waals surface area contributed by atoms with Crippen LogP contribution in [0.1, 0.15) is 44.9 Å². The average Bonchev–Trinajstić information content (AvgIpc) is 2.73. The van der Waals surface area contributed by atoms with Crippen LogP contribution >= 0.6 is 0 Å². The normalized spacial score (nSPS) is 15.4. The zero-order valence-corrected chi connectivity index (χ0v) is 16.0. The molecule has 0 fully saturated rings. The van der Waals surface area contributed by atoms with E-state index in [4.69, 9.17) is 0 Å². The second-order valence-corrected chi connectivity index (χ2v) is 6.82. The van der Waals surface area contributed by atoms with Crippen molar-refractivity contribution in [2.24, 2.45) is 10.2 Å². The lowest BCUT2D eigenvalue weighted by Crippen LogP contribution is -2.33. The van der Waals surface area contributed by atoms with E-state index in [1.165, 1.54) is 6.20 Å². The number of fused-ring (bicyclic) bond motifs is 2. The minimum Gasteiger partial charge on any atom is -0.349 e. The number of pyridine rings is 2. The van der Waals surface area contributed by atoms with Crippen LogP contribution < -0.4 is 10.7 Å². The number of aromatic nitrogens is 2. The van der Waals surface area contributed by atoms with Crippen molar-refractivity contribution in [1.82, 2.24) is 14.9 Å². The van der Waals surface area contributed by atoms with Crippen LogP contribution in [0.5, 0.6) is 0 Å². The molecule has 0 spiro atoms. The van der Waals surface area contributed by atoms with Gasteiger partial charge in [0.05, 0.1) is 5.39 Å². The molecule has 29 heavy (non-hydrogen) atoms. The molecule has 4 rings (SSSR count). The fraction of sp³-hybridized carbons (Fsp3) is 0.238. The van der Waals surface area contributed by atoms with Crippen LogP contribution in [0.4, 0.5) is 0 Å². The molecule has 1 N–H and O–H groups in total. The van der Waals surface area contributed by atoms with Gasteiger partial charge in [-0.25, -0.2) is 4.98 Å². The number of benzene rings is 1. The first kappa shape index (κ1) is 18.7. The summed E-state index contributed by atoms with van der Waals surface area (Å²) in [4.78, 5) is 41.9. The van der Waals surface area contributed by atoms with Crippen LogP contribution in [0.15, 0.2) is 57.6 Å². The highest BCUT2D eigenvalue weighted by molar-refractivity contribution is 5.98. The Kier molecular flexibility index (Phi) is 4.75. The molecule has 0 saturated carbocycles. The molecule has 0 saturated heterocycles. The Hall–Kier alpha value is -3.68. The van der Waals surface area contributed by atoms with Crippen molar-refractivity contribution in [2.45, 2.75) is 26.4 Å². The highest BCUT2D eigenvalue weighted by Gasteiger charge is 2.24. The maximum absolute atomic E-state index is 12.8. The van der Waals surface area contributed by atoms with Gasteiger partial charge in [-0.3, -0.25) is 14.4 Å². The molecular formula is C21H19N5O3. The number of hydrogen-bond donors (Lipinski definition) is 1. The summed E-state index contributed by atoms with van der Waals surface area (Å²) in [6, 6.07) is 10.00. The fourth-order valence-electron chi connectivity index (χ4n) is 3.42. The first-order chi connectivity index (χ1) is 14.0. The van der Waals surface area contributed by atoms with Crippen molar-refractivity contribution >= 4 is 22.8 Å². The summed E-state index contributed by atoms with van der Waals surface area (Å²) in [7, 11) is 0. The van der Waals surface area contributed by atoms with Crippen LogP contribution in [0.3, 0.4) is 0 Å². The van der Waals surface area contributed by atoms with E-state index in [9.17, 15) is 14.4 Å². The zero-order valence-electron chi connectivity index (χ0n) is 16.0. The lowest BCUT2D eigenvalue weighted by molar-refractivity contribution is 0.0949. The molecule has 2 amide bonds. The number of carbonyl (C=O) groups excluding carboxylic acids is 2. The van der Waals surface area contributed by atoms with Gasteiger partial charge in [0.15, 0.2) is 0 Å². The SMILES string of the molecule is CCn1cc(C(=O)NCC2N=NC(=O)c3ccccc32)c(=O)c2ccc(C)nc21. The lowest BCUT2D eigenvalue weighted by Gasteiger charge is -2.18. The maximum atomic E-state index is 12.8. The van der Waals surface area contributed by atoms with E-state index < -0.39 is 17.9 Å². The number of nitrogens with one attached hydrogen (secondary N) is 1. The second kappa shape index (κ2) is 7.38. The topological polar surface area (TPSA) is 106 Å². The highest BCUT2D eigenvalue weighted by atomic mass is 16.2. The van der Waals surface area contributed by atoms with Crippen molar-refractivity contribution in [2.75, 3.05) is 6.54 Å². The van der Waals surface area contributed by atoms with Gasteiger partial charge in [0, 0.05) is 30.5 Å². The van der Waals surface area contributed by atoms with Crippen LogP contribution in [0.25, 0.3) is 11.0 Å². The van der Waals surface area contributed by atoms with E-state index in [2.05, 4.69) is 20.5 Å². The Labute approximate surface area is 166 Å². The second-order valence-electron chi connectivity index (χ2n) is 6.82. The van der Waals surface area contributed by atoms with E-state index in [0.29, 0.717) is 28.7 Å². The predicted octanol–water partition coefficient (Wildman–Crippen LogP) is 2.80. The molecule has 146 valence electrons. The zero-order chi connectivity index (χ0) is 20.5. The molecule has 1 aliphatic heterocycles. The molecule has 2 aromatic heterocycles. The maximum Gasteiger partial charge on any atom is 0.295 e. The molecule has 0 bridgehead atoms. The molecule has 8 nitrogen and oxygen atoms in total. The molecule has 3 heterocycles. The summed E-state index contributed by atoms with van der Waals surface area (Å²) in [5, 5.41) is 10.8. The monoisotopic (exact) mass is 389 g/mol. The summed E-state index contributed by atoms with van der Waals surface area (Å²) in [5.41, 5.74) is 2.21. The summed E-state index contributed by atoms with van der Waals surface area (Å²) in [5.74, 6) is -0.893. The van der Waals surface area contributed by atoms with Crippen molar-refractivity contribution in [3.05, 3.63) is 75.2 Å². The minimum atomic E-state index is -0.496. The van der Waals surface area contributed by atoms with Gasteiger partial charge in [0.2, 0.25) is 5.43 Å². The summed E-state index contributed by atoms with van der Waals surface area (Å²) >= 11 is 0. The Balaban J connectivity index is 1.63. The van der Waals surface area contributed by atoms with Gasteiger partial charge >= 0.3 is 0 Å². The van der Waals surface area contributed by atoms with Gasteiger partial charge in [0.1, 0.15) is 17.3 Å². The van der Waals surface area contributed by atoms with Crippen LogP contribution in [0.2, 0.25) is 0 Å². The van der Waals surface area contributed by atoms with Crippen LogP contribution in [-0.2, 0) is 6.54 Å². The van der Waals surface area contributed by atoms with Gasteiger partial charge in [-0.2, -0.15) is 5.11 Å². The van der Waals surface area contributed by atoms with Crippen LogP contribution in [-0.4, -0.2) is 27.9 Å². The number of azo groups is 1. The summed E-state index contributed by atoms with van der Waals surface area (Å²) in [6.07, 6.45) is 1.53. The molecule has 3 aromatic rings. The molecule has 0 aliphatic carbocycles. The average molecular weight is 389 g/mol. The number of nitrogens with zero attached hydrogens (tertiary/aromatic N) is 4. The van der Waals surface area contributed by atoms with E-state index in [1.807, 2.05) is 13.8 Å². The van der Waals surface area contributed by atoms with E-state index >= 15 is 0 Å². The number of rotatable bonds is 4. The molecule has 1 aromatic carbocycles. The minimum absolute atomic E-state index is 0.0436. The Bertz CT molecular complexity index is 1230. The first-order valence-electron chi connectivity index (χ1n) is 9.32.